The van der Waals surface area contributed by atoms with Crippen LogP contribution in [0.1, 0.15) is 0 Å². The summed E-state index contributed by atoms with van der Waals surface area (Å²) in [5.41, 5.74) is 0. The van der Waals surface area contributed by atoms with Crippen LogP contribution < -0.4 is 0 Å². The number of hydrogen-bond donors (Lipinski definition) is 0. The molecule has 0 aromatic carbocycles. The number of hydrogen-bond acceptors (Lipinski definition) is 4. The van der Waals surface area contributed by atoms with Crippen LogP contribution in [0.15, 0.2) is 29.6 Å². The van der Waals surface area contributed by atoms with Crippen molar-refractivity contribution in [3.05, 3.63) is 29.3 Å². The van der Waals surface area contributed by atoms with Crippen molar-refractivity contribution in [1.82, 2.24) is 9.80 Å². The van der Waals surface area contributed by atoms with Crippen LogP contribution in [0.4, 0.5) is 0 Å². The van der Waals surface area contributed by atoms with Crippen LogP contribution in [-0.4, -0.2) is 23.9 Å². The molecular weight excluding hydrogens is 130 g/mol. The maximum Gasteiger partial charge on any atom is 0.134 e. The number of rotatable bonds is 1. The maximum absolute atomic E-state index is 9.84. The van der Waals surface area contributed by atoms with Crippen molar-refractivity contribution in [3.8, 4) is 0 Å². The molecule has 1 aliphatic rings. The Morgan fingerprint density at radius 1 is 1.40 bits per heavy atom. The lowest BCUT2D eigenvalue weighted by Crippen LogP contribution is -2.15. The molecule has 4 heteroatoms. The van der Waals surface area contributed by atoms with E-state index < -0.39 is 0 Å². The molecule has 0 saturated carbocycles. The summed E-state index contributed by atoms with van der Waals surface area (Å²) in [4.78, 5) is 13.5. The average molecular weight is 139 g/mol. The Hall–Kier alpha value is -1.32. The predicted octanol–water partition coefficient (Wildman–Crippen LogP) is 0.900. The van der Waals surface area contributed by atoms with Gasteiger partial charge in [0.25, 0.3) is 0 Å². The van der Waals surface area contributed by atoms with Crippen LogP contribution in [0, 0.1) is 4.91 Å². The maximum atomic E-state index is 9.84. The normalized spacial score (nSPS) is 16.4. The number of nitroso groups, excluding NO2 is 1. The van der Waals surface area contributed by atoms with E-state index in [0.717, 1.165) is 5.82 Å². The molecule has 0 radical (unpaired) electrons. The highest BCUT2D eigenvalue weighted by Crippen LogP contribution is 2.14. The summed E-state index contributed by atoms with van der Waals surface area (Å²) >= 11 is 0. The van der Waals surface area contributed by atoms with Gasteiger partial charge in [-0.2, -0.15) is 0 Å². The van der Waals surface area contributed by atoms with E-state index in [-0.39, 0.29) is 0 Å². The zero-order chi connectivity index (χ0) is 7.56. The minimum atomic E-state index is 0.787. The molecule has 0 spiro atoms. The van der Waals surface area contributed by atoms with Crippen LogP contribution >= 0.6 is 0 Å². The van der Waals surface area contributed by atoms with E-state index in [2.05, 4.69) is 5.18 Å². The molecule has 0 fully saturated rings. The molecule has 0 unspecified atom stereocenters. The lowest BCUT2D eigenvalue weighted by Gasteiger charge is -2.15. The SMILES string of the molecule is CN1C=CN(C)C1=CN=O. The summed E-state index contributed by atoms with van der Waals surface area (Å²) in [6.45, 7) is 0. The molecule has 0 aromatic rings. The van der Waals surface area contributed by atoms with Gasteiger partial charge in [-0.15, -0.1) is 4.91 Å². The van der Waals surface area contributed by atoms with Gasteiger partial charge >= 0.3 is 0 Å². The van der Waals surface area contributed by atoms with Crippen LogP contribution in [0.25, 0.3) is 0 Å². The second-order valence-corrected chi connectivity index (χ2v) is 2.11. The summed E-state index contributed by atoms with van der Waals surface area (Å²) in [6, 6.07) is 0. The first-order valence-corrected chi connectivity index (χ1v) is 2.92. The molecule has 0 N–H and O–H groups in total. The van der Waals surface area contributed by atoms with E-state index in [0.29, 0.717) is 0 Å². The zero-order valence-electron chi connectivity index (χ0n) is 5.98. The molecule has 0 saturated heterocycles. The topological polar surface area (TPSA) is 35.9 Å². The Kier molecular flexibility index (Phi) is 1.71. The van der Waals surface area contributed by atoms with Crippen molar-refractivity contribution in [3.63, 3.8) is 0 Å². The smallest absolute Gasteiger partial charge is 0.134 e. The largest absolute Gasteiger partial charge is 0.335 e. The van der Waals surface area contributed by atoms with Gasteiger partial charge in [0.15, 0.2) is 0 Å². The average Bonchev–Trinajstić information content (AvgIpc) is 2.20. The zero-order valence-corrected chi connectivity index (χ0v) is 5.98. The predicted molar refractivity (Wildman–Crippen MR) is 38.5 cm³/mol. The van der Waals surface area contributed by atoms with E-state index >= 15 is 0 Å². The first-order valence-electron chi connectivity index (χ1n) is 2.92. The molecule has 0 aliphatic carbocycles. The van der Waals surface area contributed by atoms with Gasteiger partial charge in [-0.25, -0.2) is 0 Å². The standard InChI is InChI=1S/C6H9N3O/c1-8-3-4-9(2)6(8)5-7-10/h3-5H,1-2H3. The van der Waals surface area contributed by atoms with Gasteiger partial charge < -0.3 is 9.80 Å². The molecule has 0 bridgehead atoms. The molecule has 4 nitrogen and oxygen atoms in total. The minimum Gasteiger partial charge on any atom is -0.335 e. The Balaban J connectivity index is 2.78. The van der Waals surface area contributed by atoms with Gasteiger partial charge in [0, 0.05) is 26.5 Å². The molecular formula is C6H9N3O. The second-order valence-electron chi connectivity index (χ2n) is 2.11. The van der Waals surface area contributed by atoms with E-state index in [4.69, 9.17) is 0 Å². The Morgan fingerprint density at radius 3 is 2.30 bits per heavy atom. The van der Waals surface area contributed by atoms with Crippen molar-refractivity contribution in [2.75, 3.05) is 14.1 Å². The lowest BCUT2D eigenvalue weighted by atomic mass is 10.6. The van der Waals surface area contributed by atoms with Crippen molar-refractivity contribution in [2.24, 2.45) is 5.18 Å². The van der Waals surface area contributed by atoms with Crippen LogP contribution in [0.2, 0.25) is 0 Å². The van der Waals surface area contributed by atoms with Crippen molar-refractivity contribution in [1.29, 1.82) is 0 Å². The fourth-order valence-electron chi connectivity index (χ4n) is 0.831. The summed E-state index contributed by atoms with van der Waals surface area (Å²) < 4.78 is 0. The Labute approximate surface area is 59.4 Å². The molecule has 1 heterocycles. The van der Waals surface area contributed by atoms with Gasteiger partial charge in [0.2, 0.25) is 0 Å². The van der Waals surface area contributed by atoms with E-state index in [1.54, 1.807) is 0 Å². The summed E-state index contributed by atoms with van der Waals surface area (Å²) in [7, 11) is 3.72. The van der Waals surface area contributed by atoms with Crippen LogP contribution in [0.5, 0.6) is 0 Å². The van der Waals surface area contributed by atoms with Gasteiger partial charge in [-0.1, -0.05) is 0 Å². The van der Waals surface area contributed by atoms with E-state index in [1.165, 1.54) is 6.20 Å². The van der Waals surface area contributed by atoms with Crippen molar-refractivity contribution >= 4 is 0 Å². The van der Waals surface area contributed by atoms with Crippen molar-refractivity contribution in [2.45, 2.75) is 0 Å². The highest BCUT2D eigenvalue weighted by atomic mass is 16.2. The van der Waals surface area contributed by atoms with Gasteiger partial charge in [0.1, 0.15) is 12.0 Å². The van der Waals surface area contributed by atoms with Crippen molar-refractivity contribution < 1.29 is 0 Å². The van der Waals surface area contributed by atoms with E-state index in [1.807, 2.05) is 36.3 Å². The second kappa shape index (κ2) is 2.51. The van der Waals surface area contributed by atoms with E-state index in [9.17, 15) is 4.91 Å². The molecule has 54 valence electrons. The Morgan fingerprint density at radius 2 is 1.90 bits per heavy atom. The summed E-state index contributed by atoms with van der Waals surface area (Å²) in [5.74, 6) is 0.787. The highest BCUT2D eigenvalue weighted by molar-refractivity contribution is 5.11. The molecule has 10 heavy (non-hydrogen) atoms. The molecule has 1 rings (SSSR count). The molecule has 0 amide bonds. The van der Waals surface area contributed by atoms with Crippen LogP contribution in [0.3, 0.4) is 0 Å². The fraction of sp³-hybridized carbons (Fsp3) is 0.333. The first kappa shape index (κ1) is 6.80. The lowest BCUT2D eigenvalue weighted by molar-refractivity contribution is 0.445. The summed E-state index contributed by atoms with van der Waals surface area (Å²) in [5, 5.41) is 2.68. The third kappa shape index (κ3) is 1.00. The summed E-state index contributed by atoms with van der Waals surface area (Å²) in [6.07, 6.45) is 4.99. The monoisotopic (exact) mass is 139 g/mol. The molecule has 1 aliphatic heterocycles. The quantitative estimate of drug-likeness (QED) is 0.506. The van der Waals surface area contributed by atoms with Gasteiger partial charge in [0.05, 0.1) is 0 Å². The third-order valence-corrected chi connectivity index (χ3v) is 1.40. The highest BCUT2D eigenvalue weighted by Gasteiger charge is 2.11. The fourth-order valence-corrected chi connectivity index (χ4v) is 0.831. The third-order valence-electron chi connectivity index (χ3n) is 1.40. The Bertz CT molecular complexity index is 183. The van der Waals surface area contributed by atoms with Crippen LogP contribution in [-0.2, 0) is 0 Å². The first-order chi connectivity index (χ1) is 4.75. The molecule has 0 atom stereocenters. The van der Waals surface area contributed by atoms with Gasteiger partial charge in [-0.3, -0.25) is 0 Å². The number of nitrogens with zero attached hydrogens (tertiary/aromatic N) is 3. The minimum absolute atomic E-state index is 0.787. The van der Waals surface area contributed by atoms with Gasteiger partial charge in [-0.05, 0) is 5.18 Å². The molecule has 0 aromatic heterocycles.